The predicted molar refractivity (Wildman–Crippen MR) is 92.1 cm³/mol. The zero-order valence-electron chi connectivity index (χ0n) is 14.2. The lowest BCUT2D eigenvalue weighted by molar-refractivity contribution is 0.327. The van der Waals surface area contributed by atoms with Gasteiger partial charge in [0.2, 0.25) is 0 Å². The molecule has 0 N–H and O–H groups in total. The van der Waals surface area contributed by atoms with Crippen LogP contribution in [0.3, 0.4) is 0 Å². The Labute approximate surface area is 128 Å². The van der Waals surface area contributed by atoms with Gasteiger partial charge in [-0.2, -0.15) is 0 Å². The first kappa shape index (κ1) is 17.8. The molecule has 0 amide bonds. The van der Waals surface area contributed by atoms with E-state index in [0.717, 1.165) is 11.8 Å². The summed E-state index contributed by atoms with van der Waals surface area (Å²) in [6.45, 7) is 4.53. The molecule has 0 saturated heterocycles. The van der Waals surface area contributed by atoms with Crippen LogP contribution in [-0.2, 0) is 0 Å². The van der Waals surface area contributed by atoms with Gasteiger partial charge in [0.15, 0.2) is 0 Å². The molecule has 1 aliphatic carbocycles. The quantitative estimate of drug-likeness (QED) is 0.260. The van der Waals surface area contributed by atoms with Gasteiger partial charge in [0.25, 0.3) is 0 Å². The van der Waals surface area contributed by atoms with E-state index < -0.39 is 0 Å². The van der Waals surface area contributed by atoms with Gasteiger partial charge in [-0.1, -0.05) is 90.2 Å². The van der Waals surface area contributed by atoms with Crippen molar-refractivity contribution in [3.8, 4) is 0 Å². The molecule has 0 aromatic carbocycles. The number of unbranched alkanes of at least 4 members (excludes halogenated alkanes) is 6. The zero-order valence-corrected chi connectivity index (χ0v) is 14.2. The highest BCUT2D eigenvalue weighted by molar-refractivity contribution is 4.82. The van der Waals surface area contributed by atoms with Crippen molar-refractivity contribution in [3.63, 3.8) is 0 Å². The predicted octanol–water partition coefficient (Wildman–Crippen LogP) is 7.29. The van der Waals surface area contributed by atoms with Gasteiger partial charge in [-0.25, -0.2) is 0 Å². The average Bonchev–Trinajstić information content (AvgIpc) is 2.90. The van der Waals surface area contributed by atoms with Crippen LogP contribution in [0.15, 0.2) is 12.2 Å². The Morgan fingerprint density at radius 1 is 0.750 bits per heavy atom. The van der Waals surface area contributed by atoms with Crippen molar-refractivity contribution < 1.29 is 0 Å². The average molecular weight is 279 g/mol. The highest BCUT2D eigenvalue weighted by Crippen LogP contribution is 2.38. The minimum absolute atomic E-state index is 1.07. The molecule has 0 heteroatoms. The molecule has 1 aliphatic rings. The molecule has 0 bridgehead atoms. The molecule has 0 unspecified atom stereocenters. The van der Waals surface area contributed by atoms with Crippen molar-refractivity contribution in [2.24, 2.45) is 11.8 Å². The molecule has 0 heterocycles. The molecule has 0 spiro atoms. The fourth-order valence-electron chi connectivity index (χ4n) is 3.84. The van der Waals surface area contributed by atoms with Crippen molar-refractivity contribution in [2.45, 2.75) is 104 Å². The van der Waals surface area contributed by atoms with Crippen molar-refractivity contribution >= 4 is 0 Å². The Hall–Kier alpha value is -0.260. The lowest BCUT2D eigenvalue weighted by Crippen LogP contribution is -2.07. The lowest BCUT2D eigenvalue weighted by atomic mass is 9.87. The van der Waals surface area contributed by atoms with Crippen LogP contribution in [0, 0.1) is 11.8 Å². The third-order valence-electron chi connectivity index (χ3n) is 5.09. The fraction of sp³-hybridized carbons (Fsp3) is 0.900. The maximum atomic E-state index is 2.39. The second kappa shape index (κ2) is 12.5. The van der Waals surface area contributed by atoms with Crippen LogP contribution in [0.5, 0.6) is 0 Å². The van der Waals surface area contributed by atoms with Crippen molar-refractivity contribution in [2.75, 3.05) is 0 Å². The maximum absolute atomic E-state index is 2.39. The van der Waals surface area contributed by atoms with Crippen LogP contribution in [0.2, 0.25) is 0 Å². The summed E-state index contributed by atoms with van der Waals surface area (Å²) in [4.78, 5) is 0. The van der Waals surface area contributed by atoms with Gasteiger partial charge in [0, 0.05) is 0 Å². The minimum Gasteiger partial charge on any atom is -0.0888 e. The van der Waals surface area contributed by atoms with Gasteiger partial charge in [-0.05, 0) is 37.5 Å². The summed E-state index contributed by atoms with van der Waals surface area (Å²) >= 11 is 0. The van der Waals surface area contributed by atoms with Crippen molar-refractivity contribution in [1.82, 2.24) is 0 Å². The van der Waals surface area contributed by atoms with E-state index in [4.69, 9.17) is 0 Å². The lowest BCUT2D eigenvalue weighted by Gasteiger charge is -2.19. The van der Waals surface area contributed by atoms with E-state index in [9.17, 15) is 0 Å². The topological polar surface area (TPSA) is 0 Å². The van der Waals surface area contributed by atoms with Gasteiger partial charge < -0.3 is 0 Å². The summed E-state index contributed by atoms with van der Waals surface area (Å²) in [6.07, 6.45) is 25.0. The first-order chi connectivity index (χ1) is 9.88. The third kappa shape index (κ3) is 8.12. The Bertz CT molecular complexity index is 228. The molecule has 1 rings (SSSR count). The first-order valence-corrected chi connectivity index (χ1v) is 9.53. The zero-order chi connectivity index (χ0) is 14.5. The van der Waals surface area contributed by atoms with Gasteiger partial charge >= 0.3 is 0 Å². The third-order valence-corrected chi connectivity index (χ3v) is 5.09. The van der Waals surface area contributed by atoms with E-state index in [1.54, 1.807) is 0 Å². The minimum atomic E-state index is 1.07. The van der Waals surface area contributed by atoms with Gasteiger partial charge in [0.1, 0.15) is 0 Å². The molecule has 0 aliphatic heterocycles. The second-order valence-corrected chi connectivity index (χ2v) is 6.82. The Morgan fingerprint density at radius 2 is 1.40 bits per heavy atom. The smallest absolute Gasteiger partial charge is 0.0351 e. The number of hydrogen-bond acceptors (Lipinski definition) is 0. The highest BCUT2D eigenvalue weighted by atomic mass is 14.3. The molecule has 118 valence electrons. The number of allylic oxidation sites excluding steroid dienone is 2. The molecule has 1 fully saturated rings. The summed E-state index contributed by atoms with van der Waals surface area (Å²) in [5.74, 6) is 2.15. The number of rotatable bonds is 12. The van der Waals surface area contributed by atoms with Crippen LogP contribution in [0.1, 0.15) is 104 Å². The Kier molecular flexibility index (Phi) is 11.1. The summed E-state index contributed by atoms with van der Waals surface area (Å²) in [7, 11) is 0. The van der Waals surface area contributed by atoms with E-state index in [0.29, 0.717) is 0 Å². The fourth-order valence-corrected chi connectivity index (χ4v) is 3.84. The van der Waals surface area contributed by atoms with Crippen molar-refractivity contribution in [1.29, 1.82) is 0 Å². The summed E-state index contributed by atoms with van der Waals surface area (Å²) in [5, 5.41) is 0. The monoisotopic (exact) mass is 278 g/mol. The molecule has 0 radical (unpaired) electrons. The van der Waals surface area contributed by atoms with Crippen LogP contribution in [0.25, 0.3) is 0 Å². The van der Waals surface area contributed by atoms with Crippen LogP contribution >= 0.6 is 0 Å². The van der Waals surface area contributed by atoms with E-state index in [1.165, 1.54) is 89.9 Å². The largest absolute Gasteiger partial charge is 0.0888 e. The van der Waals surface area contributed by atoms with Gasteiger partial charge in [-0.3, -0.25) is 0 Å². The van der Waals surface area contributed by atoms with Crippen LogP contribution < -0.4 is 0 Å². The number of hydrogen-bond donors (Lipinski definition) is 0. The van der Waals surface area contributed by atoms with Crippen molar-refractivity contribution in [3.05, 3.63) is 12.2 Å². The first-order valence-electron chi connectivity index (χ1n) is 9.53. The molecule has 2 atom stereocenters. The molecule has 0 aromatic rings. The molecular formula is C20H38. The Morgan fingerprint density at radius 3 is 2.10 bits per heavy atom. The van der Waals surface area contributed by atoms with Gasteiger partial charge in [-0.15, -0.1) is 0 Å². The SMILES string of the molecule is CCC=CCCC[C@H]1CCC[C@@H]1CCCCCCCC. The molecule has 20 heavy (non-hydrogen) atoms. The normalized spacial score (nSPS) is 22.9. The summed E-state index contributed by atoms with van der Waals surface area (Å²) in [5.41, 5.74) is 0. The molecule has 1 saturated carbocycles. The molecular weight excluding hydrogens is 240 g/mol. The highest BCUT2D eigenvalue weighted by Gasteiger charge is 2.25. The van der Waals surface area contributed by atoms with E-state index in [2.05, 4.69) is 26.0 Å². The van der Waals surface area contributed by atoms with Gasteiger partial charge in [0.05, 0.1) is 0 Å². The molecule has 0 nitrogen and oxygen atoms in total. The van der Waals surface area contributed by atoms with E-state index >= 15 is 0 Å². The summed E-state index contributed by atoms with van der Waals surface area (Å²) in [6, 6.07) is 0. The standard InChI is InChI=1S/C20H38/c1-3-5-7-9-11-13-16-20-18-14-17-19(20)15-12-10-8-6-4-2/h6,8,19-20H,3-5,7,9-18H2,1-2H3/t19-,20-/m0/s1. The van der Waals surface area contributed by atoms with E-state index in [1.807, 2.05) is 0 Å². The van der Waals surface area contributed by atoms with E-state index in [-0.39, 0.29) is 0 Å². The second-order valence-electron chi connectivity index (χ2n) is 6.82. The van der Waals surface area contributed by atoms with Crippen LogP contribution in [0.4, 0.5) is 0 Å². The summed E-state index contributed by atoms with van der Waals surface area (Å²) < 4.78 is 0. The van der Waals surface area contributed by atoms with Crippen LogP contribution in [-0.4, -0.2) is 0 Å². The maximum Gasteiger partial charge on any atom is -0.0351 e. The Balaban J connectivity index is 2.03. The molecule has 0 aromatic heterocycles.